The van der Waals surface area contributed by atoms with Gasteiger partial charge in [-0.05, 0) is 41.8 Å². The Morgan fingerprint density at radius 2 is 1.85 bits per heavy atom. The Labute approximate surface area is 157 Å². The molecule has 2 aromatic carbocycles. The topological polar surface area (TPSA) is 65.2 Å². The van der Waals surface area contributed by atoms with E-state index >= 15 is 0 Å². The molecule has 0 amide bonds. The first-order valence-electron chi connectivity index (χ1n) is 8.27. The molecule has 0 atom stereocenters. The lowest BCUT2D eigenvalue weighted by Crippen LogP contribution is -1.96. The van der Waals surface area contributed by atoms with Crippen molar-refractivity contribution in [2.24, 2.45) is 0 Å². The smallest absolute Gasteiger partial charge is 0.336 e. The third-order valence-electron chi connectivity index (χ3n) is 4.16. The largest absolute Gasteiger partial charge is 0.438 e. The van der Waals surface area contributed by atoms with Crippen molar-refractivity contribution in [3.63, 3.8) is 0 Å². The van der Waals surface area contributed by atoms with Crippen molar-refractivity contribution in [2.75, 3.05) is 0 Å². The summed E-state index contributed by atoms with van der Waals surface area (Å²) >= 11 is 1.59. The fourth-order valence-corrected chi connectivity index (χ4v) is 3.50. The van der Waals surface area contributed by atoms with Crippen LogP contribution in [0.4, 0.5) is 0 Å². The normalized spacial score (nSPS) is 11.1. The number of para-hydroxylation sites is 1. The van der Waals surface area contributed by atoms with Gasteiger partial charge < -0.3 is 9.15 Å². The molecule has 0 bridgehead atoms. The lowest BCUT2D eigenvalue weighted by atomic mass is 10.2. The van der Waals surface area contributed by atoms with Crippen molar-refractivity contribution < 1.29 is 9.15 Å². The molecule has 130 valence electrons. The quantitative estimate of drug-likeness (QED) is 0.404. The summed E-state index contributed by atoms with van der Waals surface area (Å²) in [5.74, 6) is 1.61. The van der Waals surface area contributed by atoms with Gasteiger partial charge in [0.15, 0.2) is 5.82 Å². The number of rotatable bonds is 3. The molecule has 0 aliphatic rings. The van der Waals surface area contributed by atoms with Crippen LogP contribution in [-0.2, 0) is 0 Å². The van der Waals surface area contributed by atoms with E-state index in [-0.39, 0.29) is 0 Å². The first-order valence-corrected chi connectivity index (χ1v) is 9.22. The monoisotopic (exact) mass is 372 g/mol. The number of hydrogen-bond acceptors (Lipinski definition) is 6. The van der Waals surface area contributed by atoms with Gasteiger partial charge in [-0.2, -0.15) is 16.3 Å². The van der Waals surface area contributed by atoms with Gasteiger partial charge in [0.1, 0.15) is 11.3 Å². The number of benzene rings is 2. The zero-order chi connectivity index (χ0) is 18.2. The Kier molecular flexibility index (Phi) is 3.69. The molecule has 0 N–H and O–H groups in total. The molecule has 0 unspecified atom stereocenters. The molecule has 3 aromatic heterocycles. The average Bonchev–Trinajstić information content (AvgIpc) is 3.22. The van der Waals surface area contributed by atoms with Gasteiger partial charge in [-0.3, -0.25) is 0 Å². The zero-order valence-electron chi connectivity index (χ0n) is 14.0. The summed E-state index contributed by atoms with van der Waals surface area (Å²) in [7, 11) is 0. The molecule has 0 radical (unpaired) electrons. The minimum absolute atomic E-state index is 0.396. The predicted molar refractivity (Wildman–Crippen MR) is 105 cm³/mol. The third-order valence-corrected chi connectivity index (χ3v) is 4.84. The molecular weight excluding hydrogens is 360 g/mol. The number of aromatic nitrogens is 2. The van der Waals surface area contributed by atoms with E-state index in [9.17, 15) is 4.79 Å². The van der Waals surface area contributed by atoms with Crippen molar-refractivity contribution in [3.8, 4) is 23.0 Å². The summed E-state index contributed by atoms with van der Waals surface area (Å²) in [6.45, 7) is 0. The molecule has 0 aliphatic heterocycles. The van der Waals surface area contributed by atoms with E-state index in [0.717, 1.165) is 21.9 Å². The lowest BCUT2D eigenvalue weighted by Gasteiger charge is -2.10. The average molecular weight is 372 g/mol. The summed E-state index contributed by atoms with van der Waals surface area (Å²) in [5.41, 5.74) is 1.82. The fraction of sp³-hybridized carbons (Fsp3) is 0. The van der Waals surface area contributed by atoms with E-state index in [1.807, 2.05) is 53.2 Å². The van der Waals surface area contributed by atoms with E-state index in [1.54, 1.807) is 23.5 Å². The Balaban J connectivity index is 1.65. The predicted octanol–water partition coefficient (Wildman–Crippen LogP) is 5.26. The van der Waals surface area contributed by atoms with Gasteiger partial charge in [-0.1, -0.05) is 12.1 Å². The zero-order valence-corrected chi connectivity index (χ0v) is 14.8. The maximum absolute atomic E-state index is 11.5. The highest BCUT2D eigenvalue weighted by Crippen LogP contribution is 2.31. The Hall–Kier alpha value is -3.51. The fourth-order valence-electron chi connectivity index (χ4n) is 2.86. The Morgan fingerprint density at radius 3 is 2.74 bits per heavy atom. The molecule has 5 rings (SSSR count). The molecule has 6 heteroatoms. The van der Waals surface area contributed by atoms with Crippen LogP contribution in [-0.4, -0.2) is 9.97 Å². The van der Waals surface area contributed by atoms with Crippen LogP contribution in [0.3, 0.4) is 0 Å². The van der Waals surface area contributed by atoms with Crippen molar-refractivity contribution in [1.82, 2.24) is 9.97 Å². The highest BCUT2D eigenvalue weighted by molar-refractivity contribution is 7.08. The number of fused-ring (bicyclic) bond motifs is 2. The third kappa shape index (κ3) is 2.96. The number of ether oxygens (including phenoxy) is 1. The summed E-state index contributed by atoms with van der Waals surface area (Å²) in [6.07, 6.45) is 0. The van der Waals surface area contributed by atoms with Gasteiger partial charge >= 0.3 is 5.63 Å². The number of nitrogens with zero attached hydrogens (tertiary/aromatic N) is 2. The second-order valence-electron chi connectivity index (χ2n) is 5.94. The van der Waals surface area contributed by atoms with Crippen LogP contribution in [0.2, 0.25) is 0 Å². The van der Waals surface area contributed by atoms with Gasteiger partial charge in [-0.15, -0.1) is 0 Å². The Bertz CT molecular complexity index is 1330. The molecule has 0 saturated carbocycles. The SMILES string of the molecule is O=c1ccc2ccc(Oc3nc(-c4ccsc4)nc4ccccc34)cc2o1. The molecule has 0 saturated heterocycles. The summed E-state index contributed by atoms with van der Waals surface area (Å²) < 4.78 is 11.3. The molecule has 5 aromatic rings. The number of hydrogen-bond donors (Lipinski definition) is 0. The van der Waals surface area contributed by atoms with Crippen LogP contribution in [0.25, 0.3) is 33.3 Å². The molecular formula is C21H12N2O3S. The van der Waals surface area contributed by atoms with Gasteiger partial charge in [0.05, 0.1) is 10.9 Å². The van der Waals surface area contributed by atoms with Crippen LogP contribution in [0.5, 0.6) is 11.6 Å². The van der Waals surface area contributed by atoms with E-state index in [1.165, 1.54) is 6.07 Å². The van der Waals surface area contributed by atoms with Crippen LogP contribution in [0.1, 0.15) is 0 Å². The standard InChI is InChI=1S/C21H12N2O3S/c24-19-8-6-13-5-7-15(11-18(13)26-19)25-21-16-3-1-2-4-17(16)22-20(23-21)14-9-10-27-12-14/h1-12H. The lowest BCUT2D eigenvalue weighted by molar-refractivity contribution is 0.467. The van der Waals surface area contributed by atoms with Gasteiger partial charge in [-0.25, -0.2) is 9.78 Å². The number of thiophene rings is 1. The highest BCUT2D eigenvalue weighted by atomic mass is 32.1. The molecule has 27 heavy (non-hydrogen) atoms. The summed E-state index contributed by atoms with van der Waals surface area (Å²) in [6, 6.07) is 18.2. The van der Waals surface area contributed by atoms with Gasteiger partial charge in [0.2, 0.25) is 5.88 Å². The highest BCUT2D eigenvalue weighted by Gasteiger charge is 2.12. The van der Waals surface area contributed by atoms with Gasteiger partial charge in [0.25, 0.3) is 0 Å². The second kappa shape index (κ2) is 6.34. The maximum atomic E-state index is 11.5. The molecule has 5 nitrogen and oxygen atoms in total. The molecule has 3 heterocycles. The van der Waals surface area contributed by atoms with Crippen molar-refractivity contribution in [3.05, 3.63) is 81.8 Å². The minimum Gasteiger partial charge on any atom is -0.438 e. The second-order valence-corrected chi connectivity index (χ2v) is 6.72. The van der Waals surface area contributed by atoms with Crippen molar-refractivity contribution in [1.29, 1.82) is 0 Å². The van der Waals surface area contributed by atoms with E-state index in [4.69, 9.17) is 9.15 Å². The van der Waals surface area contributed by atoms with Gasteiger partial charge in [0, 0.05) is 28.5 Å². The first-order chi connectivity index (χ1) is 13.3. The maximum Gasteiger partial charge on any atom is 0.336 e. The van der Waals surface area contributed by atoms with E-state index in [2.05, 4.69) is 9.97 Å². The van der Waals surface area contributed by atoms with E-state index < -0.39 is 5.63 Å². The van der Waals surface area contributed by atoms with Crippen LogP contribution in [0, 0.1) is 0 Å². The van der Waals surface area contributed by atoms with Crippen LogP contribution < -0.4 is 10.4 Å². The molecule has 0 fully saturated rings. The van der Waals surface area contributed by atoms with Crippen molar-refractivity contribution in [2.45, 2.75) is 0 Å². The van der Waals surface area contributed by atoms with Crippen LogP contribution in [0.15, 0.2) is 80.6 Å². The molecule has 0 spiro atoms. The summed E-state index contributed by atoms with van der Waals surface area (Å²) in [5, 5.41) is 5.62. The van der Waals surface area contributed by atoms with Crippen LogP contribution >= 0.6 is 11.3 Å². The Morgan fingerprint density at radius 1 is 0.963 bits per heavy atom. The minimum atomic E-state index is -0.396. The molecule has 0 aliphatic carbocycles. The first kappa shape index (κ1) is 15.7. The summed E-state index contributed by atoms with van der Waals surface area (Å²) in [4.78, 5) is 20.7. The van der Waals surface area contributed by atoms with E-state index in [0.29, 0.717) is 23.0 Å². The van der Waals surface area contributed by atoms with Crippen molar-refractivity contribution >= 4 is 33.2 Å².